The summed E-state index contributed by atoms with van der Waals surface area (Å²) in [6, 6.07) is 5.34. The fraction of sp³-hybridized carbons (Fsp3) is 0.417. The van der Waals surface area contributed by atoms with Crippen molar-refractivity contribution >= 4 is 11.6 Å². The summed E-state index contributed by atoms with van der Waals surface area (Å²) in [5.41, 5.74) is 8.02. The molecule has 1 rings (SSSR count). The molecular formula is C12H18N2O. The van der Waals surface area contributed by atoms with Gasteiger partial charge in [-0.05, 0) is 37.1 Å². The van der Waals surface area contributed by atoms with Gasteiger partial charge in [0.05, 0.1) is 0 Å². The van der Waals surface area contributed by atoms with Crippen molar-refractivity contribution in [3.05, 3.63) is 29.3 Å². The number of carbonyl (C=O) groups excluding carboxylic acids is 1. The van der Waals surface area contributed by atoms with Crippen molar-refractivity contribution in [3.8, 4) is 0 Å². The molecule has 0 bridgehead atoms. The minimum atomic E-state index is -0.0217. The molecule has 0 aliphatic carbocycles. The lowest BCUT2D eigenvalue weighted by Crippen LogP contribution is -2.24. The summed E-state index contributed by atoms with van der Waals surface area (Å²) in [4.78, 5) is 11.6. The van der Waals surface area contributed by atoms with E-state index in [1.165, 1.54) is 0 Å². The summed E-state index contributed by atoms with van der Waals surface area (Å²) >= 11 is 0. The van der Waals surface area contributed by atoms with Crippen molar-refractivity contribution in [2.75, 3.05) is 12.3 Å². The molecule has 0 saturated carbocycles. The van der Waals surface area contributed by atoms with Gasteiger partial charge in [0, 0.05) is 17.8 Å². The summed E-state index contributed by atoms with van der Waals surface area (Å²) in [6.07, 6.45) is 2.10. The summed E-state index contributed by atoms with van der Waals surface area (Å²) in [7, 11) is 0. The molecule has 1 aromatic carbocycles. The molecule has 82 valence electrons. The van der Waals surface area contributed by atoms with Crippen LogP contribution in [0.5, 0.6) is 0 Å². The molecule has 0 atom stereocenters. The van der Waals surface area contributed by atoms with Gasteiger partial charge < -0.3 is 11.1 Å². The number of hydrogen-bond acceptors (Lipinski definition) is 2. The minimum Gasteiger partial charge on any atom is -0.399 e. The molecule has 0 unspecified atom stereocenters. The van der Waals surface area contributed by atoms with Gasteiger partial charge in [0.2, 0.25) is 0 Å². The molecule has 0 radical (unpaired) electrons. The van der Waals surface area contributed by atoms with Gasteiger partial charge in [-0.1, -0.05) is 13.3 Å². The van der Waals surface area contributed by atoms with E-state index in [4.69, 9.17) is 5.73 Å². The van der Waals surface area contributed by atoms with E-state index in [1.807, 2.05) is 13.0 Å². The second kappa shape index (κ2) is 5.39. The highest BCUT2D eigenvalue weighted by Crippen LogP contribution is 2.12. The van der Waals surface area contributed by atoms with Crippen LogP contribution in [0.15, 0.2) is 18.2 Å². The predicted octanol–water partition coefficient (Wildman–Crippen LogP) is 2.11. The average molecular weight is 206 g/mol. The Morgan fingerprint density at radius 2 is 2.20 bits per heavy atom. The molecule has 3 nitrogen and oxygen atoms in total. The van der Waals surface area contributed by atoms with Crippen LogP contribution in [0.1, 0.15) is 35.7 Å². The molecule has 0 aliphatic heterocycles. The lowest BCUT2D eigenvalue weighted by Gasteiger charge is -2.06. The van der Waals surface area contributed by atoms with Crippen LogP contribution >= 0.6 is 0 Å². The third kappa shape index (κ3) is 3.27. The Hall–Kier alpha value is -1.51. The Morgan fingerprint density at radius 1 is 1.47 bits per heavy atom. The van der Waals surface area contributed by atoms with Gasteiger partial charge in [-0.15, -0.1) is 0 Å². The van der Waals surface area contributed by atoms with E-state index >= 15 is 0 Å². The lowest BCUT2D eigenvalue weighted by molar-refractivity contribution is 0.0953. The van der Waals surface area contributed by atoms with Gasteiger partial charge in [0.1, 0.15) is 0 Å². The van der Waals surface area contributed by atoms with E-state index in [1.54, 1.807) is 12.1 Å². The Labute approximate surface area is 90.7 Å². The fourth-order valence-corrected chi connectivity index (χ4v) is 1.30. The van der Waals surface area contributed by atoms with E-state index in [2.05, 4.69) is 12.2 Å². The van der Waals surface area contributed by atoms with Gasteiger partial charge >= 0.3 is 0 Å². The molecule has 0 fully saturated rings. The van der Waals surface area contributed by atoms with Crippen molar-refractivity contribution in [3.63, 3.8) is 0 Å². The first-order valence-electron chi connectivity index (χ1n) is 5.29. The van der Waals surface area contributed by atoms with E-state index in [-0.39, 0.29) is 5.91 Å². The molecule has 0 aliphatic rings. The van der Waals surface area contributed by atoms with Gasteiger partial charge in [-0.25, -0.2) is 0 Å². The number of nitrogens with two attached hydrogens (primary N) is 1. The van der Waals surface area contributed by atoms with Gasteiger partial charge in [0.25, 0.3) is 5.91 Å². The van der Waals surface area contributed by atoms with Crippen molar-refractivity contribution in [1.82, 2.24) is 5.32 Å². The van der Waals surface area contributed by atoms with E-state index in [0.29, 0.717) is 5.56 Å². The topological polar surface area (TPSA) is 55.1 Å². The molecule has 1 amide bonds. The highest BCUT2D eigenvalue weighted by atomic mass is 16.1. The SMILES string of the molecule is CCCCNC(=O)c1ccc(N)c(C)c1. The summed E-state index contributed by atoms with van der Waals surface area (Å²) < 4.78 is 0. The maximum absolute atomic E-state index is 11.6. The Morgan fingerprint density at radius 3 is 2.80 bits per heavy atom. The number of anilines is 1. The summed E-state index contributed by atoms with van der Waals surface area (Å²) in [6.45, 7) is 4.73. The molecular weight excluding hydrogens is 188 g/mol. The minimum absolute atomic E-state index is 0.0217. The summed E-state index contributed by atoms with van der Waals surface area (Å²) in [5, 5.41) is 2.87. The second-order valence-electron chi connectivity index (χ2n) is 3.68. The van der Waals surface area contributed by atoms with Crippen LogP contribution < -0.4 is 11.1 Å². The maximum Gasteiger partial charge on any atom is 0.251 e. The number of carbonyl (C=O) groups is 1. The number of rotatable bonds is 4. The first-order valence-corrected chi connectivity index (χ1v) is 5.29. The average Bonchev–Trinajstić information content (AvgIpc) is 2.22. The molecule has 15 heavy (non-hydrogen) atoms. The van der Waals surface area contributed by atoms with Crippen molar-refractivity contribution in [2.24, 2.45) is 0 Å². The number of hydrogen-bond donors (Lipinski definition) is 2. The van der Waals surface area contributed by atoms with Gasteiger partial charge in [-0.3, -0.25) is 4.79 Å². The van der Waals surface area contributed by atoms with Crippen molar-refractivity contribution in [2.45, 2.75) is 26.7 Å². The Bertz CT molecular complexity index is 347. The van der Waals surface area contributed by atoms with Crippen LogP contribution in [0.2, 0.25) is 0 Å². The summed E-state index contributed by atoms with van der Waals surface area (Å²) in [5.74, 6) is -0.0217. The first kappa shape index (κ1) is 11.6. The highest BCUT2D eigenvalue weighted by Gasteiger charge is 2.05. The zero-order valence-electron chi connectivity index (χ0n) is 9.34. The van der Waals surface area contributed by atoms with Crippen LogP contribution in [-0.4, -0.2) is 12.5 Å². The van der Waals surface area contributed by atoms with E-state index < -0.39 is 0 Å². The van der Waals surface area contributed by atoms with Crippen LogP contribution in [0.25, 0.3) is 0 Å². The Balaban J connectivity index is 2.62. The molecule has 3 N–H and O–H groups in total. The second-order valence-corrected chi connectivity index (χ2v) is 3.68. The molecule has 0 saturated heterocycles. The number of aryl methyl sites for hydroxylation is 1. The predicted molar refractivity (Wildman–Crippen MR) is 62.8 cm³/mol. The molecule has 1 aromatic rings. The lowest BCUT2D eigenvalue weighted by atomic mass is 10.1. The number of nitrogen functional groups attached to an aromatic ring is 1. The third-order valence-electron chi connectivity index (χ3n) is 2.35. The highest BCUT2D eigenvalue weighted by molar-refractivity contribution is 5.94. The zero-order valence-corrected chi connectivity index (χ0v) is 9.34. The fourth-order valence-electron chi connectivity index (χ4n) is 1.30. The van der Waals surface area contributed by atoms with Gasteiger partial charge in [-0.2, -0.15) is 0 Å². The molecule has 0 heterocycles. The molecule has 3 heteroatoms. The number of benzene rings is 1. The molecule has 0 spiro atoms. The number of nitrogens with one attached hydrogen (secondary N) is 1. The smallest absolute Gasteiger partial charge is 0.251 e. The van der Waals surface area contributed by atoms with E-state index in [0.717, 1.165) is 30.6 Å². The van der Waals surface area contributed by atoms with Crippen LogP contribution in [0.4, 0.5) is 5.69 Å². The number of amides is 1. The molecule has 0 aromatic heterocycles. The van der Waals surface area contributed by atoms with Crippen molar-refractivity contribution < 1.29 is 4.79 Å². The van der Waals surface area contributed by atoms with Crippen molar-refractivity contribution in [1.29, 1.82) is 0 Å². The van der Waals surface area contributed by atoms with Crippen LogP contribution in [0, 0.1) is 6.92 Å². The number of unbranched alkanes of at least 4 members (excludes halogenated alkanes) is 1. The first-order chi connectivity index (χ1) is 7.15. The van der Waals surface area contributed by atoms with Crippen LogP contribution in [-0.2, 0) is 0 Å². The monoisotopic (exact) mass is 206 g/mol. The zero-order chi connectivity index (χ0) is 11.3. The van der Waals surface area contributed by atoms with E-state index in [9.17, 15) is 4.79 Å². The van der Waals surface area contributed by atoms with Crippen LogP contribution in [0.3, 0.4) is 0 Å². The third-order valence-corrected chi connectivity index (χ3v) is 2.35. The Kier molecular flexibility index (Phi) is 4.16. The largest absolute Gasteiger partial charge is 0.399 e. The standard InChI is InChI=1S/C12H18N2O/c1-3-4-7-14-12(15)10-5-6-11(13)9(2)8-10/h5-6,8H,3-4,7,13H2,1-2H3,(H,14,15). The van der Waals surface area contributed by atoms with Gasteiger partial charge in [0.15, 0.2) is 0 Å². The maximum atomic E-state index is 11.6. The normalized spacial score (nSPS) is 10.0. The quantitative estimate of drug-likeness (QED) is 0.585.